The van der Waals surface area contributed by atoms with Gasteiger partial charge in [0.1, 0.15) is 0 Å². The topological polar surface area (TPSA) is 63.7 Å². The molecule has 26 heavy (non-hydrogen) atoms. The normalized spacial score (nSPS) is 21.2. The average Bonchev–Trinajstić information content (AvgIpc) is 2.73. The Labute approximate surface area is 150 Å². The van der Waals surface area contributed by atoms with E-state index in [1.54, 1.807) is 11.0 Å². The zero-order chi connectivity index (χ0) is 19.2. The van der Waals surface area contributed by atoms with Crippen LogP contribution in [0.3, 0.4) is 0 Å². The SMILES string of the molecule is C[C@@H]1CCN(C(=O)NCCc2ccc(OCC(F)(F)F)nc2)C[C@H](C)O1. The highest BCUT2D eigenvalue weighted by molar-refractivity contribution is 5.74. The zero-order valence-electron chi connectivity index (χ0n) is 14.9. The first-order valence-electron chi connectivity index (χ1n) is 8.55. The first-order chi connectivity index (χ1) is 12.2. The highest BCUT2D eigenvalue weighted by Crippen LogP contribution is 2.17. The Bertz CT molecular complexity index is 581. The lowest BCUT2D eigenvalue weighted by Crippen LogP contribution is -2.43. The van der Waals surface area contributed by atoms with Crippen molar-refractivity contribution in [2.75, 3.05) is 26.2 Å². The number of alkyl halides is 3. The van der Waals surface area contributed by atoms with Gasteiger partial charge in [-0.2, -0.15) is 13.2 Å². The zero-order valence-corrected chi connectivity index (χ0v) is 14.9. The number of amides is 2. The van der Waals surface area contributed by atoms with E-state index in [4.69, 9.17) is 4.74 Å². The molecule has 0 aromatic carbocycles. The standard InChI is InChI=1S/C17H24F3N3O3/c1-12-6-8-23(10-13(2)26-12)16(24)21-7-5-14-3-4-15(22-9-14)25-11-17(18,19)20/h3-4,9,12-13H,5-8,10-11H2,1-2H3,(H,21,24)/t12-,13+/m1/s1. The summed E-state index contributed by atoms with van der Waals surface area (Å²) in [5.41, 5.74) is 0.797. The fraction of sp³-hybridized carbons (Fsp3) is 0.647. The van der Waals surface area contributed by atoms with Crippen LogP contribution in [0.25, 0.3) is 0 Å². The van der Waals surface area contributed by atoms with E-state index in [9.17, 15) is 18.0 Å². The van der Waals surface area contributed by atoms with Gasteiger partial charge in [-0.1, -0.05) is 6.07 Å². The number of halogens is 3. The number of ether oxygens (including phenoxy) is 2. The maximum Gasteiger partial charge on any atom is 0.422 e. The molecule has 0 bridgehead atoms. The molecule has 1 aromatic rings. The summed E-state index contributed by atoms with van der Waals surface area (Å²) in [5.74, 6) is -0.0808. The van der Waals surface area contributed by atoms with E-state index in [-0.39, 0.29) is 24.1 Å². The number of urea groups is 1. The van der Waals surface area contributed by atoms with Gasteiger partial charge in [-0.3, -0.25) is 0 Å². The van der Waals surface area contributed by atoms with Crippen LogP contribution in [0.2, 0.25) is 0 Å². The molecule has 1 N–H and O–H groups in total. The highest BCUT2D eigenvalue weighted by Gasteiger charge is 2.28. The highest BCUT2D eigenvalue weighted by atomic mass is 19.4. The van der Waals surface area contributed by atoms with Gasteiger partial charge >= 0.3 is 12.2 Å². The second-order valence-corrected chi connectivity index (χ2v) is 6.38. The molecule has 1 aliphatic heterocycles. The van der Waals surface area contributed by atoms with E-state index in [0.29, 0.717) is 26.1 Å². The van der Waals surface area contributed by atoms with Crippen LogP contribution < -0.4 is 10.1 Å². The summed E-state index contributed by atoms with van der Waals surface area (Å²) in [7, 11) is 0. The van der Waals surface area contributed by atoms with Crippen molar-refractivity contribution in [3.8, 4) is 5.88 Å². The number of pyridine rings is 1. The predicted octanol–water partition coefficient (Wildman–Crippen LogP) is 2.77. The van der Waals surface area contributed by atoms with E-state index in [1.807, 2.05) is 13.8 Å². The number of carbonyl (C=O) groups is 1. The molecule has 0 aliphatic carbocycles. The molecular formula is C17H24F3N3O3. The van der Waals surface area contributed by atoms with Crippen LogP contribution >= 0.6 is 0 Å². The molecular weight excluding hydrogens is 351 g/mol. The quantitative estimate of drug-likeness (QED) is 0.860. The largest absolute Gasteiger partial charge is 0.468 e. The van der Waals surface area contributed by atoms with E-state index >= 15 is 0 Å². The Morgan fingerprint density at radius 1 is 1.38 bits per heavy atom. The van der Waals surface area contributed by atoms with E-state index < -0.39 is 12.8 Å². The molecule has 0 unspecified atom stereocenters. The van der Waals surface area contributed by atoms with Crippen molar-refractivity contribution in [3.63, 3.8) is 0 Å². The number of rotatable bonds is 5. The number of hydrogen-bond donors (Lipinski definition) is 1. The van der Waals surface area contributed by atoms with Crippen molar-refractivity contribution >= 4 is 6.03 Å². The molecule has 2 atom stereocenters. The first-order valence-corrected chi connectivity index (χ1v) is 8.55. The Hall–Kier alpha value is -2.03. The van der Waals surface area contributed by atoms with Crippen LogP contribution in [-0.2, 0) is 11.2 Å². The summed E-state index contributed by atoms with van der Waals surface area (Å²) in [6, 6.07) is 2.87. The molecule has 1 fully saturated rings. The second kappa shape index (κ2) is 9.07. The molecule has 146 valence electrons. The van der Waals surface area contributed by atoms with Crippen molar-refractivity contribution in [2.24, 2.45) is 0 Å². The molecule has 2 heterocycles. The maximum atomic E-state index is 12.2. The molecule has 2 amide bonds. The minimum absolute atomic E-state index is 0.00769. The predicted molar refractivity (Wildman–Crippen MR) is 89.1 cm³/mol. The number of aromatic nitrogens is 1. The van der Waals surface area contributed by atoms with Gasteiger partial charge in [0.15, 0.2) is 6.61 Å². The summed E-state index contributed by atoms with van der Waals surface area (Å²) in [6.07, 6.45) is -1.51. The molecule has 1 aromatic heterocycles. The van der Waals surface area contributed by atoms with Crippen LogP contribution in [0.1, 0.15) is 25.8 Å². The van der Waals surface area contributed by atoms with Gasteiger partial charge in [0, 0.05) is 31.9 Å². The smallest absolute Gasteiger partial charge is 0.422 e. The van der Waals surface area contributed by atoms with Gasteiger partial charge in [0.25, 0.3) is 0 Å². The number of nitrogens with zero attached hydrogens (tertiary/aromatic N) is 2. The summed E-state index contributed by atoms with van der Waals surface area (Å²) >= 11 is 0. The fourth-order valence-electron chi connectivity index (χ4n) is 2.66. The van der Waals surface area contributed by atoms with Crippen LogP contribution in [0.5, 0.6) is 5.88 Å². The van der Waals surface area contributed by atoms with E-state index in [2.05, 4.69) is 15.0 Å². The van der Waals surface area contributed by atoms with Crippen LogP contribution in [-0.4, -0.2) is 60.5 Å². The van der Waals surface area contributed by atoms with Gasteiger partial charge in [0.05, 0.1) is 12.2 Å². The first kappa shape index (κ1) is 20.3. The minimum atomic E-state index is -4.39. The fourth-order valence-corrected chi connectivity index (χ4v) is 2.66. The Morgan fingerprint density at radius 2 is 2.15 bits per heavy atom. The van der Waals surface area contributed by atoms with E-state index in [0.717, 1.165) is 12.0 Å². The number of carbonyl (C=O) groups excluding carboxylic acids is 1. The van der Waals surface area contributed by atoms with Crippen LogP contribution in [0.4, 0.5) is 18.0 Å². The summed E-state index contributed by atoms with van der Waals surface area (Å²) < 4.78 is 46.5. The molecule has 0 radical (unpaired) electrons. The van der Waals surface area contributed by atoms with Gasteiger partial charge in [-0.15, -0.1) is 0 Å². The van der Waals surface area contributed by atoms with E-state index in [1.165, 1.54) is 12.3 Å². The molecule has 1 saturated heterocycles. The second-order valence-electron chi connectivity index (χ2n) is 6.38. The summed E-state index contributed by atoms with van der Waals surface area (Å²) in [4.78, 5) is 17.8. The Morgan fingerprint density at radius 3 is 2.81 bits per heavy atom. The summed E-state index contributed by atoms with van der Waals surface area (Å²) in [5, 5.41) is 2.85. The molecule has 0 saturated carbocycles. The molecule has 6 nitrogen and oxygen atoms in total. The maximum absolute atomic E-state index is 12.2. The molecule has 0 spiro atoms. The Kier molecular flexibility index (Phi) is 7.07. The van der Waals surface area contributed by atoms with Crippen molar-refractivity contribution in [1.82, 2.24) is 15.2 Å². The van der Waals surface area contributed by atoms with Crippen LogP contribution in [0, 0.1) is 0 Å². The Balaban J connectivity index is 1.74. The average molecular weight is 375 g/mol. The minimum Gasteiger partial charge on any atom is -0.468 e. The van der Waals surface area contributed by atoms with Crippen molar-refractivity contribution in [2.45, 2.75) is 45.1 Å². The number of hydrogen-bond acceptors (Lipinski definition) is 4. The van der Waals surface area contributed by atoms with Crippen molar-refractivity contribution in [3.05, 3.63) is 23.9 Å². The third kappa shape index (κ3) is 7.07. The third-order valence-electron chi connectivity index (χ3n) is 3.91. The van der Waals surface area contributed by atoms with Gasteiger partial charge in [0.2, 0.25) is 5.88 Å². The van der Waals surface area contributed by atoms with Gasteiger partial charge in [-0.25, -0.2) is 9.78 Å². The molecule has 1 aliphatic rings. The lowest BCUT2D eigenvalue weighted by Gasteiger charge is -2.22. The van der Waals surface area contributed by atoms with Crippen molar-refractivity contribution in [1.29, 1.82) is 0 Å². The number of nitrogens with one attached hydrogen (secondary N) is 1. The lowest BCUT2D eigenvalue weighted by atomic mass is 10.2. The molecule has 2 rings (SSSR count). The molecule has 9 heteroatoms. The summed E-state index contributed by atoms with van der Waals surface area (Å²) in [6.45, 7) is 4.16. The monoisotopic (exact) mass is 375 g/mol. The van der Waals surface area contributed by atoms with Gasteiger partial charge in [-0.05, 0) is 32.3 Å². The van der Waals surface area contributed by atoms with Crippen LogP contribution in [0.15, 0.2) is 18.3 Å². The van der Waals surface area contributed by atoms with Gasteiger partial charge < -0.3 is 19.7 Å². The van der Waals surface area contributed by atoms with Crippen molar-refractivity contribution < 1.29 is 27.4 Å². The third-order valence-corrected chi connectivity index (χ3v) is 3.91. The lowest BCUT2D eigenvalue weighted by molar-refractivity contribution is -0.154.